The summed E-state index contributed by atoms with van der Waals surface area (Å²) in [7, 11) is 0. The van der Waals surface area contributed by atoms with Crippen LogP contribution in [0.2, 0.25) is 10.0 Å². The lowest BCUT2D eigenvalue weighted by molar-refractivity contribution is -0.127. The second-order valence-electron chi connectivity index (χ2n) is 11.8. The summed E-state index contributed by atoms with van der Waals surface area (Å²) in [5, 5.41) is 22.0. The van der Waals surface area contributed by atoms with Crippen LogP contribution in [0.1, 0.15) is 41.5 Å². The van der Waals surface area contributed by atoms with Crippen LogP contribution in [0.25, 0.3) is 11.1 Å². The van der Waals surface area contributed by atoms with Crippen molar-refractivity contribution in [3.05, 3.63) is 82.8 Å². The van der Waals surface area contributed by atoms with E-state index >= 15 is 0 Å². The zero-order valence-corrected chi connectivity index (χ0v) is 33.2. The van der Waals surface area contributed by atoms with Crippen molar-refractivity contribution in [2.75, 3.05) is 37.1 Å². The molecule has 56 heavy (non-hydrogen) atoms. The quantitative estimate of drug-likeness (QED) is 0.0695. The number of benzene rings is 4. The molecule has 0 aliphatic rings. The molecule has 4 aromatic carbocycles. The SMILES string of the molecule is CCOc1ccc(NC(=O)C(N=Nc2ccc(-c3ccc(N=NC(C(C)=O)C(=O)Nc4ccc(OCC)c(OCC)c4)c(Cl)c3)cc2Cl)C(C)=O)cc1OCC. The van der Waals surface area contributed by atoms with Crippen molar-refractivity contribution in [1.29, 1.82) is 0 Å². The maximum absolute atomic E-state index is 13.1. The molecule has 2 atom stereocenters. The monoisotopic (exact) mass is 804 g/mol. The van der Waals surface area contributed by atoms with Gasteiger partial charge < -0.3 is 29.6 Å². The molecule has 2 unspecified atom stereocenters. The minimum atomic E-state index is -1.44. The molecule has 0 saturated carbocycles. The first kappa shape index (κ1) is 42.9. The number of rotatable bonds is 19. The maximum atomic E-state index is 13.1. The molecule has 0 spiro atoms. The Hall–Kier alpha value is -5.86. The maximum Gasteiger partial charge on any atom is 0.258 e. The van der Waals surface area contributed by atoms with Gasteiger partial charge in [0.25, 0.3) is 11.8 Å². The number of ketones is 2. The summed E-state index contributed by atoms with van der Waals surface area (Å²) in [5.74, 6) is -0.495. The average molecular weight is 806 g/mol. The molecule has 0 aromatic heterocycles. The standard InChI is InChI=1S/C40H42Cl2N6O8/c1-7-53-33-17-13-27(21-35(33)55-9-3)43-39(51)37(23(5)49)47-45-31-15-11-25(19-29(31)41)26-12-16-32(30(42)20-26)46-48-38(24(6)50)40(52)44-28-14-18-34(54-8-2)36(22-28)56-10-4/h11-22,37-38H,7-10H2,1-6H3,(H,43,51)(H,44,52). The van der Waals surface area contributed by atoms with Gasteiger partial charge in [-0.15, -0.1) is 0 Å². The third-order valence-electron chi connectivity index (χ3n) is 7.68. The van der Waals surface area contributed by atoms with Crippen LogP contribution in [-0.4, -0.2) is 61.9 Å². The van der Waals surface area contributed by atoms with Crippen LogP contribution >= 0.6 is 23.2 Å². The highest BCUT2D eigenvalue weighted by Gasteiger charge is 2.25. The third-order valence-corrected chi connectivity index (χ3v) is 8.28. The summed E-state index contributed by atoms with van der Waals surface area (Å²) < 4.78 is 22.4. The summed E-state index contributed by atoms with van der Waals surface area (Å²) >= 11 is 13.1. The summed E-state index contributed by atoms with van der Waals surface area (Å²) in [5.41, 5.74) is 2.53. The molecule has 0 aliphatic heterocycles. The zero-order valence-electron chi connectivity index (χ0n) is 31.7. The number of halogens is 2. The molecule has 2 amide bonds. The first-order valence-corrected chi connectivity index (χ1v) is 18.5. The fourth-order valence-corrected chi connectivity index (χ4v) is 5.53. The number of hydrogen-bond donors (Lipinski definition) is 2. The zero-order chi connectivity index (χ0) is 40.8. The highest BCUT2D eigenvalue weighted by molar-refractivity contribution is 6.34. The van der Waals surface area contributed by atoms with Gasteiger partial charge in [0, 0.05) is 23.5 Å². The first-order chi connectivity index (χ1) is 26.9. The number of hydrogen-bond acceptors (Lipinski definition) is 12. The van der Waals surface area contributed by atoms with E-state index in [0.717, 1.165) is 0 Å². The van der Waals surface area contributed by atoms with E-state index in [-0.39, 0.29) is 21.4 Å². The number of nitrogens with zero attached hydrogens (tertiary/aromatic N) is 4. The molecule has 0 heterocycles. The minimum absolute atomic E-state index is 0.193. The van der Waals surface area contributed by atoms with Gasteiger partial charge in [0.2, 0.25) is 12.1 Å². The topological polar surface area (TPSA) is 179 Å². The predicted octanol–water partition coefficient (Wildman–Crippen LogP) is 9.62. The molecular formula is C40H42Cl2N6O8. The second-order valence-corrected chi connectivity index (χ2v) is 12.6. The van der Waals surface area contributed by atoms with E-state index in [1.807, 2.05) is 27.7 Å². The lowest BCUT2D eigenvalue weighted by Gasteiger charge is -2.14. The number of azo groups is 2. The Morgan fingerprint density at radius 2 is 0.893 bits per heavy atom. The fourth-order valence-electron chi connectivity index (χ4n) is 5.09. The van der Waals surface area contributed by atoms with Crippen molar-refractivity contribution in [2.24, 2.45) is 20.5 Å². The molecule has 0 radical (unpaired) electrons. The molecular weight excluding hydrogens is 763 g/mol. The van der Waals surface area contributed by atoms with Crippen LogP contribution in [-0.2, 0) is 19.2 Å². The number of Topliss-reactive ketones (excluding diaryl/α,β-unsaturated/α-hetero) is 2. The lowest BCUT2D eigenvalue weighted by atomic mass is 10.0. The van der Waals surface area contributed by atoms with Crippen LogP contribution < -0.4 is 29.6 Å². The number of carbonyl (C=O) groups is 4. The van der Waals surface area contributed by atoms with Crippen molar-refractivity contribution in [2.45, 2.75) is 53.6 Å². The predicted molar refractivity (Wildman–Crippen MR) is 215 cm³/mol. The van der Waals surface area contributed by atoms with Gasteiger partial charge in [-0.05, 0) is 101 Å². The summed E-state index contributed by atoms with van der Waals surface area (Å²) in [6.45, 7) is 11.5. The molecule has 0 fully saturated rings. The summed E-state index contributed by atoms with van der Waals surface area (Å²) in [6, 6.07) is 16.7. The van der Waals surface area contributed by atoms with Crippen LogP contribution in [0.5, 0.6) is 23.0 Å². The number of ether oxygens (including phenoxy) is 4. The van der Waals surface area contributed by atoms with Crippen molar-refractivity contribution in [1.82, 2.24) is 0 Å². The Balaban J connectivity index is 1.45. The first-order valence-electron chi connectivity index (χ1n) is 17.7. The molecule has 2 N–H and O–H groups in total. The fraction of sp³-hybridized carbons (Fsp3) is 0.300. The molecule has 0 aliphatic carbocycles. The van der Waals surface area contributed by atoms with Gasteiger partial charge in [-0.3, -0.25) is 19.2 Å². The van der Waals surface area contributed by atoms with E-state index in [9.17, 15) is 19.2 Å². The molecule has 16 heteroatoms. The van der Waals surface area contributed by atoms with E-state index in [2.05, 4.69) is 31.1 Å². The summed E-state index contributed by atoms with van der Waals surface area (Å²) in [6.07, 6.45) is 0. The van der Waals surface area contributed by atoms with E-state index < -0.39 is 35.5 Å². The van der Waals surface area contributed by atoms with Crippen LogP contribution in [0.15, 0.2) is 93.3 Å². The van der Waals surface area contributed by atoms with E-state index in [1.165, 1.54) is 13.8 Å². The van der Waals surface area contributed by atoms with Crippen molar-refractivity contribution in [3.8, 4) is 34.1 Å². The number of nitrogens with one attached hydrogen (secondary N) is 2. The molecule has 4 aromatic rings. The Morgan fingerprint density at radius 1 is 0.536 bits per heavy atom. The molecule has 0 saturated heterocycles. The van der Waals surface area contributed by atoms with Gasteiger partial charge in [0.05, 0.1) is 36.5 Å². The number of carbonyl (C=O) groups excluding carboxylic acids is 4. The Bertz CT molecular complexity index is 1980. The van der Waals surface area contributed by atoms with Gasteiger partial charge in [0.15, 0.2) is 34.6 Å². The molecule has 0 bridgehead atoms. The van der Waals surface area contributed by atoms with Crippen LogP contribution in [0, 0.1) is 0 Å². The largest absolute Gasteiger partial charge is 0.490 e. The van der Waals surface area contributed by atoms with Crippen LogP contribution in [0.3, 0.4) is 0 Å². The Labute approximate surface area is 334 Å². The van der Waals surface area contributed by atoms with Gasteiger partial charge in [-0.25, -0.2) is 0 Å². The molecule has 294 valence electrons. The van der Waals surface area contributed by atoms with Gasteiger partial charge in [-0.1, -0.05) is 35.3 Å². The Morgan fingerprint density at radius 3 is 1.21 bits per heavy atom. The van der Waals surface area contributed by atoms with E-state index in [1.54, 1.807) is 72.8 Å². The van der Waals surface area contributed by atoms with Gasteiger partial charge in [0.1, 0.15) is 11.4 Å². The number of anilines is 2. The third kappa shape index (κ3) is 11.6. The van der Waals surface area contributed by atoms with Gasteiger partial charge in [-0.2, -0.15) is 20.5 Å². The highest BCUT2D eigenvalue weighted by Crippen LogP contribution is 2.36. The van der Waals surface area contributed by atoms with E-state index in [4.69, 9.17) is 42.1 Å². The average Bonchev–Trinajstić information content (AvgIpc) is 3.15. The van der Waals surface area contributed by atoms with Crippen molar-refractivity contribution < 1.29 is 38.1 Å². The normalized spacial score (nSPS) is 12.2. The molecule has 4 rings (SSSR count). The number of amides is 2. The Kier molecular flexibility index (Phi) is 15.9. The van der Waals surface area contributed by atoms with Crippen molar-refractivity contribution >= 4 is 69.3 Å². The van der Waals surface area contributed by atoms with E-state index in [0.29, 0.717) is 71.9 Å². The summed E-state index contributed by atoms with van der Waals surface area (Å²) in [4.78, 5) is 50.9. The minimum Gasteiger partial charge on any atom is -0.490 e. The van der Waals surface area contributed by atoms with Gasteiger partial charge >= 0.3 is 0 Å². The highest BCUT2D eigenvalue weighted by atomic mass is 35.5. The van der Waals surface area contributed by atoms with Crippen molar-refractivity contribution in [3.63, 3.8) is 0 Å². The second kappa shape index (κ2) is 20.7. The lowest BCUT2D eigenvalue weighted by Crippen LogP contribution is -2.31. The van der Waals surface area contributed by atoms with Crippen LogP contribution in [0.4, 0.5) is 22.7 Å². The smallest absolute Gasteiger partial charge is 0.258 e. The molecule has 14 nitrogen and oxygen atoms in total.